The van der Waals surface area contributed by atoms with E-state index in [2.05, 4.69) is 25.4 Å². The third kappa shape index (κ3) is 3.39. The number of aryl methyl sites for hydroxylation is 2. The lowest BCUT2D eigenvalue weighted by Crippen LogP contribution is -2.24. The fourth-order valence-corrected chi connectivity index (χ4v) is 2.16. The molecular weight excluding hydrogens is 292 g/mol. The van der Waals surface area contributed by atoms with Crippen molar-refractivity contribution >= 4 is 5.91 Å². The molecular formula is C16H16N6O. The molecule has 0 aliphatic rings. The number of carbonyl (C=O) groups is 1. The summed E-state index contributed by atoms with van der Waals surface area (Å²) in [6.45, 7) is 2.19. The van der Waals surface area contributed by atoms with Crippen LogP contribution in [0.5, 0.6) is 0 Å². The number of pyridine rings is 1. The maximum atomic E-state index is 12.0. The van der Waals surface area contributed by atoms with Crippen LogP contribution in [0, 0.1) is 6.92 Å². The van der Waals surface area contributed by atoms with E-state index in [1.807, 2.05) is 26.1 Å². The Labute approximate surface area is 133 Å². The molecule has 0 unspecified atom stereocenters. The van der Waals surface area contributed by atoms with Crippen molar-refractivity contribution in [3.8, 4) is 11.3 Å². The lowest BCUT2D eigenvalue weighted by Gasteiger charge is -2.07. The third-order valence-electron chi connectivity index (χ3n) is 3.38. The Morgan fingerprint density at radius 3 is 2.78 bits per heavy atom. The van der Waals surface area contributed by atoms with E-state index in [0.717, 1.165) is 22.5 Å². The number of aromatic nitrogens is 5. The van der Waals surface area contributed by atoms with E-state index in [1.54, 1.807) is 29.5 Å². The first-order valence-corrected chi connectivity index (χ1v) is 7.12. The van der Waals surface area contributed by atoms with Gasteiger partial charge in [0.15, 0.2) is 0 Å². The van der Waals surface area contributed by atoms with Gasteiger partial charge < -0.3 is 5.32 Å². The van der Waals surface area contributed by atoms with Crippen LogP contribution in [0.15, 0.2) is 43.1 Å². The summed E-state index contributed by atoms with van der Waals surface area (Å²) in [4.78, 5) is 24.4. The van der Waals surface area contributed by atoms with E-state index in [1.165, 1.54) is 6.20 Å². The predicted molar refractivity (Wildman–Crippen MR) is 84.4 cm³/mol. The second-order valence-corrected chi connectivity index (χ2v) is 5.15. The normalized spacial score (nSPS) is 10.5. The molecule has 0 bridgehead atoms. The van der Waals surface area contributed by atoms with Gasteiger partial charge in [-0.2, -0.15) is 5.10 Å². The average Bonchev–Trinajstić information content (AvgIpc) is 3.00. The molecule has 23 heavy (non-hydrogen) atoms. The van der Waals surface area contributed by atoms with Crippen LogP contribution in [0.1, 0.15) is 21.7 Å². The highest BCUT2D eigenvalue weighted by Gasteiger charge is 2.08. The lowest BCUT2D eigenvalue weighted by molar-refractivity contribution is 0.0945. The Morgan fingerprint density at radius 2 is 2.09 bits per heavy atom. The minimum Gasteiger partial charge on any atom is -0.347 e. The van der Waals surface area contributed by atoms with Crippen LogP contribution in [0.3, 0.4) is 0 Å². The van der Waals surface area contributed by atoms with Gasteiger partial charge in [-0.05, 0) is 24.6 Å². The molecule has 0 saturated heterocycles. The van der Waals surface area contributed by atoms with Crippen LogP contribution in [0.4, 0.5) is 0 Å². The van der Waals surface area contributed by atoms with Crippen LogP contribution < -0.4 is 5.32 Å². The minimum atomic E-state index is -0.261. The van der Waals surface area contributed by atoms with E-state index in [4.69, 9.17) is 0 Å². The Bertz CT molecular complexity index is 825. The highest BCUT2D eigenvalue weighted by atomic mass is 16.1. The van der Waals surface area contributed by atoms with Crippen molar-refractivity contribution in [2.24, 2.45) is 7.05 Å². The molecule has 116 valence electrons. The number of hydrogen-bond donors (Lipinski definition) is 1. The van der Waals surface area contributed by atoms with Crippen LogP contribution in [-0.4, -0.2) is 30.6 Å². The predicted octanol–water partition coefficient (Wildman–Crippen LogP) is 1.51. The molecule has 1 N–H and O–H groups in total. The number of amides is 1. The summed E-state index contributed by atoms with van der Waals surface area (Å²) in [6.07, 6.45) is 8.27. The molecule has 0 aliphatic heterocycles. The summed E-state index contributed by atoms with van der Waals surface area (Å²) in [5.74, 6) is -0.261. The van der Waals surface area contributed by atoms with E-state index >= 15 is 0 Å². The molecule has 0 atom stereocenters. The first kappa shape index (κ1) is 14.8. The van der Waals surface area contributed by atoms with Crippen molar-refractivity contribution in [2.75, 3.05) is 0 Å². The molecule has 3 aromatic rings. The smallest absolute Gasteiger partial charge is 0.271 e. The topological polar surface area (TPSA) is 85.6 Å². The first-order chi connectivity index (χ1) is 11.1. The fourth-order valence-electron chi connectivity index (χ4n) is 2.16. The van der Waals surface area contributed by atoms with E-state index in [0.29, 0.717) is 12.2 Å². The van der Waals surface area contributed by atoms with Gasteiger partial charge in [0.2, 0.25) is 0 Å². The van der Waals surface area contributed by atoms with Crippen LogP contribution >= 0.6 is 0 Å². The number of rotatable bonds is 4. The zero-order valence-corrected chi connectivity index (χ0v) is 12.9. The van der Waals surface area contributed by atoms with Gasteiger partial charge in [-0.25, -0.2) is 4.98 Å². The number of carbonyl (C=O) groups excluding carboxylic acids is 1. The SMILES string of the molecule is Cc1cnc(C(=O)NCc2cncc(-c3ccnn3C)c2)cn1. The zero-order valence-electron chi connectivity index (χ0n) is 12.9. The minimum absolute atomic E-state index is 0.261. The molecule has 0 radical (unpaired) electrons. The molecule has 0 saturated carbocycles. The van der Waals surface area contributed by atoms with Crippen LogP contribution in [-0.2, 0) is 13.6 Å². The Kier molecular flexibility index (Phi) is 4.09. The lowest BCUT2D eigenvalue weighted by atomic mass is 10.1. The highest BCUT2D eigenvalue weighted by molar-refractivity contribution is 5.91. The largest absolute Gasteiger partial charge is 0.347 e. The van der Waals surface area contributed by atoms with Gasteiger partial charge >= 0.3 is 0 Å². The molecule has 7 heteroatoms. The molecule has 3 heterocycles. The van der Waals surface area contributed by atoms with Crippen LogP contribution in [0.25, 0.3) is 11.3 Å². The maximum absolute atomic E-state index is 12.0. The highest BCUT2D eigenvalue weighted by Crippen LogP contribution is 2.18. The molecule has 0 fully saturated rings. The molecule has 0 aliphatic carbocycles. The summed E-state index contributed by atoms with van der Waals surface area (Å²) in [5, 5.41) is 6.97. The third-order valence-corrected chi connectivity index (χ3v) is 3.38. The van der Waals surface area contributed by atoms with Gasteiger partial charge in [-0.3, -0.25) is 19.4 Å². The molecule has 1 amide bonds. The van der Waals surface area contributed by atoms with Crippen LogP contribution in [0.2, 0.25) is 0 Å². The monoisotopic (exact) mass is 308 g/mol. The van der Waals surface area contributed by atoms with E-state index < -0.39 is 0 Å². The maximum Gasteiger partial charge on any atom is 0.271 e. The van der Waals surface area contributed by atoms with Gasteiger partial charge in [0.1, 0.15) is 5.69 Å². The Balaban J connectivity index is 1.70. The molecule has 0 spiro atoms. The number of nitrogens with zero attached hydrogens (tertiary/aromatic N) is 5. The summed E-state index contributed by atoms with van der Waals surface area (Å²) in [6, 6.07) is 3.90. The van der Waals surface area contributed by atoms with Crippen molar-refractivity contribution < 1.29 is 4.79 Å². The molecule has 3 aromatic heterocycles. The Hall–Kier alpha value is -3.09. The van der Waals surface area contributed by atoms with Crippen molar-refractivity contribution in [1.82, 2.24) is 30.0 Å². The summed E-state index contributed by atoms with van der Waals surface area (Å²) in [5.41, 5.74) is 3.89. The summed E-state index contributed by atoms with van der Waals surface area (Å²) >= 11 is 0. The molecule has 7 nitrogen and oxygen atoms in total. The molecule has 0 aromatic carbocycles. The number of hydrogen-bond acceptors (Lipinski definition) is 5. The van der Waals surface area contributed by atoms with Crippen molar-refractivity contribution in [3.05, 3.63) is 60.1 Å². The van der Waals surface area contributed by atoms with Gasteiger partial charge in [-0.15, -0.1) is 0 Å². The standard InChI is InChI=1S/C16H16N6O/c1-11-6-19-14(10-18-11)16(23)20-8-12-5-13(9-17-7-12)15-3-4-21-22(15)2/h3-7,9-10H,8H2,1-2H3,(H,20,23). The quantitative estimate of drug-likeness (QED) is 0.789. The van der Waals surface area contributed by atoms with Gasteiger partial charge in [0.25, 0.3) is 5.91 Å². The summed E-state index contributed by atoms with van der Waals surface area (Å²) in [7, 11) is 1.87. The van der Waals surface area contributed by atoms with Gasteiger partial charge in [-0.1, -0.05) is 0 Å². The first-order valence-electron chi connectivity index (χ1n) is 7.12. The van der Waals surface area contributed by atoms with Gasteiger partial charge in [0, 0.05) is 43.9 Å². The van der Waals surface area contributed by atoms with Crippen molar-refractivity contribution in [2.45, 2.75) is 13.5 Å². The second-order valence-electron chi connectivity index (χ2n) is 5.15. The summed E-state index contributed by atoms with van der Waals surface area (Å²) < 4.78 is 1.78. The number of nitrogens with one attached hydrogen (secondary N) is 1. The van der Waals surface area contributed by atoms with E-state index in [9.17, 15) is 4.79 Å². The average molecular weight is 308 g/mol. The Morgan fingerprint density at radius 1 is 1.22 bits per heavy atom. The van der Waals surface area contributed by atoms with E-state index in [-0.39, 0.29) is 5.91 Å². The van der Waals surface area contributed by atoms with Crippen molar-refractivity contribution in [3.63, 3.8) is 0 Å². The van der Waals surface area contributed by atoms with Gasteiger partial charge in [0.05, 0.1) is 17.6 Å². The fraction of sp³-hybridized carbons (Fsp3) is 0.188. The second kappa shape index (κ2) is 6.35. The van der Waals surface area contributed by atoms with Crippen molar-refractivity contribution in [1.29, 1.82) is 0 Å². The zero-order chi connectivity index (χ0) is 16.2. The molecule has 3 rings (SSSR count).